The standard InChI is InChI=1S/C28H34F3N3O3/c1-17-11-20(14-22(13-17)28(29,30)31)25-19(3)33(27(35)37-25)16-21-12-18(2)15-32-26(21)34(23-5-4-6-23)24-7-9-36-10-8-24/h11-15,19,23-25H,4-10,16H2,1-3H3/t19-,25-/m0/s1. The van der Waals surface area contributed by atoms with Crippen LogP contribution in [0.3, 0.4) is 0 Å². The number of benzene rings is 1. The van der Waals surface area contributed by atoms with Crippen LogP contribution in [-0.2, 0) is 22.2 Å². The van der Waals surface area contributed by atoms with Crippen LogP contribution >= 0.6 is 0 Å². The third-order valence-electron chi connectivity index (χ3n) is 7.86. The largest absolute Gasteiger partial charge is 0.439 e. The summed E-state index contributed by atoms with van der Waals surface area (Å²) in [5, 5.41) is 0. The van der Waals surface area contributed by atoms with E-state index in [2.05, 4.69) is 11.0 Å². The van der Waals surface area contributed by atoms with Crippen LogP contribution in [0.5, 0.6) is 0 Å². The lowest BCUT2D eigenvalue weighted by atomic mass is 9.88. The molecular weight excluding hydrogens is 483 g/mol. The molecule has 1 aromatic heterocycles. The Morgan fingerprint density at radius 1 is 1.03 bits per heavy atom. The lowest BCUT2D eigenvalue weighted by Crippen LogP contribution is -2.50. The minimum atomic E-state index is -4.47. The van der Waals surface area contributed by atoms with Crippen LogP contribution < -0.4 is 4.90 Å². The molecule has 1 saturated carbocycles. The lowest BCUT2D eigenvalue weighted by molar-refractivity contribution is -0.137. The van der Waals surface area contributed by atoms with E-state index in [1.165, 1.54) is 6.42 Å². The van der Waals surface area contributed by atoms with Gasteiger partial charge >= 0.3 is 12.3 Å². The fourth-order valence-electron chi connectivity index (χ4n) is 5.73. The minimum Gasteiger partial charge on any atom is -0.439 e. The first-order valence-electron chi connectivity index (χ1n) is 13.1. The fraction of sp³-hybridized carbons (Fsp3) is 0.571. The van der Waals surface area contributed by atoms with Crippen LogP contribution in [0.2, 0.25) is 0 Å². The molecule has 37 heavy (non-hydrogen) atoms. The van der Waals surface area contributed by atoms with Crippen molar-refractivity contribution in [3.05, 3.63) is 58.3 Å². The van der Waals surface area contributed by atoms with E-state index in [4.69, 9.17) is 14.5 Å². The predicted octanol–water partition coefficient (Wildman–Crippen LogP) is 6.34. The number of hydrogen-bond acceptors (Lipinski definition) is 5. The topological polar surface area (TPSA) is 54.9 Å². The highest BCUT2D eigenvalue weighted by atomic mass is 19.4. The molecule has 0 unspecified atom stereocenters. The molecule has 3 heterocycles. The zero-order chi connectivity index (χ0) is 26.3. The van der Waals surface area contributed by atoms with E-state index in [0.29, 0.717) is 23.2 Å². The monoisotopic (exact) mass is 517 g/mol. The zero-order valence-electron chi connectivity index (χ0n) is 21.6. The van der Waals surface area contributed by atoms with E-state index in [9.17, 15) is 18.0 Å². The van der Waals surface area contributed by atoms with Crippen LogP contribution in [0, 0.1) is 13.8 Å². The smallest absolute Gasteiger partial charge is 0.416 e. The van der Waals surface area contributed by atoms with Gasteiger partial charge in [0.05, 0.1) is 18.2 Å². The lowest BCUT2D eigenvalue weighted by Gasteiger charge is -2.45. The second kappa shape index (κ2) is 10.2. The molecule has 1 amide bonds. The molecular formula is C28H34F3N3O3. The summed E-state index contributed by atoms with van der Waals surface area (Å²) in [6.45, 7) is 7.16. The Labute approximate surface area is 215 Å². The van der Waals surface area contributed by atoms with Gasteiger partial charge in [0.25, 0.3) is 0 Å². The molecule has 9 heteroatoms. The van der Waals surface area contributed by atoms with Crippen molar-refractivity contribution in [3.63, 3.8) is 0 Å². The molecule has 3 fully saturated rings. The van der Waals surface area contributed by atoms with Gasteiger partial charge in [-0.15, -0.1) is 0 Å². The Hall–Kier alpha value is -2.81. The zero-order valence-corrected chi connectivity index (χ0v) is 21.6. The van der Waals surface area contributed by atoms with E-state index in [1.807, 2.05) is 20.0 Å². The van der Waals surface area contributed by atoms with Crippen LogP contribution in [0.1, 0.15) is 72.9 Å². The number of rotatable bonds is 6. The number of carbonyl (C=O) groups is 1. The molecule has 0 N–H and O–H groups in total. The number of pyridine rings is 1. The van der Waals surface area contributed by atoms with Crippen molar-refractivity contribution in [3.8, 4) is 0 Å². The number of amides is 1. The average Bonchev–Trinajstić information content (AvgIpc) is 3.10. The third-order valence-corrected chi connectivity index (χ3v) is 7.86. The summed E-state index contributed by atoms with van der Waals surface area (Å²) in [6, 6.07) is 6.24. The van der Waals surface area contributed by atoms with Gasteiger partial charge in [0.15, 0.2) is 0 Å². The van der Waals surface area contributed by atoms with Gasteiger partial charge in [0.2, 0.25) is 0 Å². The molecule has 6 nitrogen and oxygen atoms in total. The highest BCUT2D eigenvalue weighted by Crippen LogP contribution is 2.40. The molecule has 0 bridgehead atoms. The number of alkyl halides is 3. The highest BCUT2D eigenvalue weighted by molar-refractivity contribution is 5.71. The number of hydrogen-bond donors (Lipinski definition) is 0. The van der Waals surface area contributed by atoms with Gasteiger partial charge < -0.3 is 14.4 Å². The first-order valence-corrected chi connectivity index (χ1v) is 13.1. The molecule has 2 saturated heterocycles. The molecule has 2 aromatic rings. The van der Waals surface area contributed by atoms with E-state index >= 15 is 0 Å². The molecule has 2 aliphatic heterocycles. The summed E-state index contributed by atoms with van der Waals surface area (Å²) in [7, 11) is 0. The van der Waals surface area contributed by atoms with Crippen molar-refractivity contribution < 1.29 is 27.4 Å². The summed E-state index contributed by atoms with van der Waals surface area (Å²) < 4.78 is 51.6. The summed E-state index contributed by atoms with van der Waals surface area (Å²) in [6.07, 6.45) is 1.38. The first-order chi connectivity index (χ1) is 17.6. The van der Waals surface area contributed by atoms with Crippen molar-refractivity contribution in [1.29, 1.82) is 0 Å². The van der Waals surface area contributed by atoms with Crippen molar-refractivity contribution in [2.24, 2.45) is 0 Å². The Morgan fingerprint density at radius 2 is 1.73 bits per heavy atom. The summed E-state index contributed by atoms with van der Waals surface area (Å²) in [5.41, 5.74) is 2.02. The van der Waals surface area contributed by atoms with E-state index in [1.54, 1.807) is 17.9 Å². The minimum absolute atomic E-state index is 0.283. The van der Waals surface area contributed by atoms with Gasteiger partial charge in [-0.05, 0) is 82.2 Å². The Kier molecular flexibility index (Phi) is 7.09. The predicted molar refractivity (Wildman–Crippen MR) is 133 cm³/mol. The molecule has 2 atom stereocenters. The van der Waals surface area contributed by atoms with Crippen molar-refractivity contribution >= 4 is 11.9 Å². The average molecular weight is 518 g/mol. The maximum atomic E-state index is 13.4. The van der Waals surface area contributed by atoms with Crippen molar-refractivity contribution in [2.45, 2.75) is 89.8 Å². The Balaban J connectivity index is 1.44. The summed E-state index contributed by atoms with van der Waals surface area (Å²) in [5.74, 6) is 0.889. The van der Waals surface area contributed by atoms with Crippen molar-refractivity contribution in [2.75, 3.05) is 18.1 Å². The Morgan fingerprint density at radius 3 is 2.38 bits per heavy atom. The maximum Gasteiger partial charge on any atom is 0.416 e. The number of ether oxygens (including phenoxy) is 2. The van der Waals surface area contributed by atoms with E-state index < -0.39 is 30.0 Å². The molecule has 1 aromatic carbocycles. The quantitative estimate of drug-likeness (QED) is 0.448. The van der Waals surface area contributed by atoms with Gasteiger partial charge in [-0.2, -0.15) is 13.2 Å². The number of anilines is 1. The number of aromatic nitrogens is 1. The summed E-state index contributed by atoms with van der Waals surface area (Å²) >= 11 is 0. The molecule has 0 radical (unpaired) electrons. The van der Waals surface area contributed by atoms with E-state index in [0.717, 1.165) is 68.0 Å². The van der Waals surface area contributed by atoms with Gasteiger partial charge in [-0.25, -0.2) is 9.78 Å². The fourth-order valence-corrected chi connectivity index (χ4v) is 5.73. The van der Waals surface area contributed by atoms with Gasteiger partial charge in [0.1, 0.15) is 11.9 Å². The van der Waals surface area contributed by atoms with E-state index in [-0.39, 0.29) is 6.54 Å². The molecule has 3 aliphatic rings. The first kappa shape index (κ1) is 25.8. The molecule has 0 spiro atoms. The van der Waals surface area contributed by atoms with Crippen LogP contribution in [0.15, 0.2) is 30.5 Å². The SMILES string of the molecule is Cc1cc([C@H]2OC(=O)N(Cc3cc(C)cnc3N(C3CCC3)C3CCOCC3)[C@H]2C)cc(C(F)(F)F)c1. The van der Waals surface area contributed by atoms with Gasteiger partial charge in [-0.3, -0.25) is 4.90 Å². The molecule has 5 rings (SSSR count). The summed E-state index contributed by atoms with van der Waals surface area (Å²) in [4.78, 5) is 22.0. The number of aryl methyl sites for hydroxylation is 2. The third kappa shape index (κ3) is 5.28. The number of carbonyl (C=O) groups excluding carboxylic acids is 1. The highest BCUT2D eigenvalue weighted by Gasteiger charge is 2.42. The van der Waals surface area contributed by atoms with Crippen molar-refractivity contribution in [1.82, 2.24) is 9.88 Å². The van der Waals surface area contributed by atoms with Gasteiger partial charge in [0, 0.05) is 37.1 Å². The maximum absolute atomic E-state index is 13.4. The Bertz CT molecular complexity index is 1150. The number of nitrogens with zero attached hydrogens (tertiary/aromatic N) is 3. The van der Waals surface area contributed by atoms with Gasteiger partial charge in [-0.1, -0.05) is 11.6 Å². The normalized spacial score (nSPS) is 23.2. The second-order valence-electron chi connectivity index (χ2n) is 10.6. The molecule has 1 aliphatic carbocycles. The van der Waals surface area contributed by atoms with Crippen LogP contribution in [0.4, 0.5) is 23.8 Å². The van der Waals surface area contributed by atoms with Crippen LogP contribution in [-0.4, -0.2) is 47.3 Å². The second-order valence-corrected chi connectivity index (χ2v) is 10.6. The number of cyclic esters (lactones) is 1. The van der Waals surface area contributed by atoms with Crippen LogP contribution in [0.25, 0.3) is 0 Å². The number of halogens is 3. The molecule has 200 valence electrons.